The first-order chi connectivity index (χ1) is 10.6. The Balaban J connectivity index is 0.000000745. The molecule has 0 fully saturated rings. The second kappa shape index (κ2) is 9.02. The number of aliphatic hydroxyl groups is 1. The van der Waals surface area contributed by atoms with Gasteiger partial charge in [-0.15, -0.1) is 0 Å². The molecule has 2 aromatic rings. The highest BCUT2D eigenvalue weighted by atomic mass is 16.6. The van der Waals surface area contributed by atoms with Crippen molar-refractivity contribution < 1.29 is 19.6 Å². The molecule has 2 rings (SSSR count). The average molecular weight is 302 g/mol. The van der Waals surface area contributed by atoms with Crippen molar-refractivity contribution in [3.8, 4) is 0 Å². The molecule has 0 bridgehead atoms. The van der Waals surface area contributed by atoms with Crippen LogP contribution in [0, 0.1) is 10.1 Å². The Bertz CT molecular complexity index is 639. The zero-order chi connectivity index (χ0) is 16.4. The summed E-state index contributed by atoms with van der Waals surface area (Å²) in [6, 6.07) is 15.5. The summed E-state index contributed by atoms with van der Waals surface area (Å²) in [5.74, 6) is 0. The third kappa shape index (κ3) is 5.16. The van der Waals surface area contributed by atoms with Gasteiger partial charge in [0.05, 0.1) is 11.0 Å². The number of aliphatic hydroxyl groups excluding tert-OH is 1. The molecule has 0 radical (unpaired) electrons. The smallest absolute Gasteiger partial charge is 0.373 e. The van der Waals surface area contributed by atoms with E-state index in [4.69, 9.17) is 9.59 Å². The fourth-order valence-electron chi connectivity index (χ4n) is 1.78. The van der Waals surface area contributed by atoms with E-state index in [0.717, 1.165) is 5.56 Å². The van der Waals surface area contributed by atoms with Gasteiger partial charge in [0, 0.05) is 12.6 Å². The van der Waals surface area contributed by atoms with E-state index in [-0.39, 0.29) is 18.4 Å². The van der Waals surface area contributed by atoms with E-state index in [9.17, 15) is 15.2 Å². The first-order valence-corrected chi connectivity index (χ1v) is 6.29. The predicted octanol–water partition coefficient (Wildman–Crippen LogP) is 2.16. The van der Waals surface area contributed by atoms with E-state index >= 15 is 0 Å². The summed E-state index contributed by atoms with van der Waals surface area (Å²) in [5, 5.41) is 23.7. The van der Waals surface area contributed by atoms with Gasteiger partial charge in [-0.05, 0) is 11.6 Å². The van der Waals surface area contributed by atoms with Crippen LogP contribution in [0.5, 0.6) is 0 Å². The third-order valence-corrected chi connectivity index (χ3v) is 2.77. The summed E-state index contributed by atoms with van der Waals surface area (Å²) in [6.07, 6.45) is -0.457. The van der Waals surface area contributed by atoms with Crippen molar-refractivity contribution in [1.82, 2.24) is 0 Å². The standard InChI is InChI=1S/C14H14N2O3.CO2/c17-14(11-6-2-1-3-7-11)10-15-12-8-4-5-9-13(12)16(18)19;2-1-3/h1-9,14-15,17H,10H2;. The lowest BCUT2D eigenvalue weighted by atomic mass is 10.1. The second-order valence-electron chi connectivity index (χ2n) is 4.16. The first kappa shape index (κ1) is 17.0. The minimum atomic E-state index is -0.707. The Morgan fingerprint density at radius 1 is 1.09 bits per heavy atom. The normalized spacial score (nSPS) is 10.6. The highest BCUT2D eigenvalue weighted by molar-refractivity contribution is 5.61. The lowest BCUT2D eigenvalue weighted by Crippen LogP contribution is -2.12. The first-order valence-electron chi connectivity index (χ1n) is 6.29. The topological polar surface area (TPSA) is 110 Å². The van der Waals surface area contributed by atoms with E-state index in [1.165, 1.54) is 6.07 Å². The van der Waals surface area contributed by atoms with Crippen LogP contribution in [0.4, 0.5) is 11.4 Å². The highest BCUT2D eigenvalue weighted by Gasteiger charge is 2.13. The SMILES string of the molecule is O=C=O.O=[N+]([O-])c1ccccc1NCC(O)c1ccccc1. The van der Waals surface area contributed by atoms with Gasteiger partial charge in [-0.1, -0.05) is 42.5 Å². The minimum Gasteiger partial charge on any atom is -0.387 e. The molecular formula is C15H14N2O5. The minimum absolute atomic E-state index is 0.00256. The van der Waals surface area contributed by atoms with Gasteiger partial charge in [-0.3, -0.25) is 10.1 Å². The average Bonchev–Trinajstić information content (AvgIpc) is 2.54. The summed E-state index contributed by atoms with van der Waals surface area (Å²) in [4.78, 5) is 26.6. The fourth-order valence-corrected chi connectivity index (χ4v) is 1.78. The number of carbonyl (C=O) groups excluding carboxylic acids is 2. The monoisotopic (exact) mass is 302 g/mol. The molecule has 1 atom stereocenters. The number of para-hydroxylation sites is 2. The van der Waals surface area contributed by atoms with Gasteiger partial charge < -0.3 is 10.4 Å². The molecule has 0 heterocycles. The molecule has 7 nitrogen and oxygen atoms in total. The van der Waals surface area contributed by atoms with E-state index in [0.29, 0.717) is 5.69 Å². The third-order valence-electron chi connectivity index (χ3n) is 2.77. The summed E-state index contributed by atoms with van der Waals surface area (Å²) >= 11 is 0. The van der Waals surface area contributed by atoms with Crippen LogP contribution in [0.15, 0.2) is 54.6 Å². The van der Waals surface area contributed by atoms with Gasteiger partial charge in [0.25, 0.3) is 5.69 Å². The number of hydrogen-bond donors (Lipinski definition) is 2. The molecule has 0 saturated heterocycles. The molecule has 0 aliphatic rings. The molecule has 0 aliphatic heterocycles. The highest BCUT2D eigenvalue weighted by Crippen LogP contribution is 2.24. The quantitative estimate of drug-likeness (QED) is 0.647. The zero-order valence-corrected chi connectivity index (χ0v) is 11.5. The number of anilines is 1. The molecule has 114 valence electrons. The summed E-state index contributed by atoms with van der Waals surface area (Å²) in [7, 11) is 0. The van der Waals surface area contributed by atoms with E-state index < -0.39 is 11.0 Å². The van der Waals surface area contributed by atoms with Crippen LogP contribution in [-0.2, 0) is 9.59 Å². The number of nitro groups is 1. The molecule has 22 heavy (non-hydrogen) atoms. The number of nitrogens with zero attached hydrogens (tertiary/aromatic N) is 1. The number of rotatable bonds is 5. The van der Waals surface area contributed by atoms with Gasteiger partial charge in [-0.2, -0.15) is 9.59 Å². The maximum atomic E-state index is 10.8. The van der Waals surface area contributed by atoms with Crippen molar-refractivity contribution >= 4 is 17.5 Å². The molecule has 7 heteroatoms. The maximum Gasteiger partial charge on any atom is 0.373 e. The van der Waals surface area contributed by atoms with Crippen molar-refractivity contribution in [2.75, 3.05) is 11.9 Å². The van der Waals surface area contributed by atoms with Gasteiger partial charge in [0.2, 0.25) is 0 Å². The molecule has 0 amide bonds. The van der Waals surface area contributed by atoms with Crippen molar-refractivity contribution in [2.24, 2.45) is 0 Å². The van der Waals surface area contributed by atoms with Crippen LogP contribution >= 0.6 is 0 Å². The van der Waals surface area contributed by atoms with Gasteiger partial charge in [-0.25, -0.2) is 0 Å². The van der Waals surface area contributed by atoms with Crippen LogP contribution in [0.3, 0.4) is 0 Å². The lowest BCUT2D eigenvalue weighted by Gasteiger charge is -2.13. The number of benzene rings is 2. The van der Waals surface area contributed by atoms with E-state index in [2.05, 4.69) is 5.32 Å². The van der Waals surface area contributed by atoms with Crippen molar-refractivity contribution in [1.29, 1.82) is 0 Å². The molecule has 0 aromatic heterocycles. The molecule has 1 unspecified atom stereocenters. The van der Waals surface area contributed by atoms with Gasteiger partial charge >= 0.3 is 6.15 Å². The van der Waals surface area contributed by atoms with Crippen molar-refractivity contribution in [3.05, 3.63) is 70.3 Å². The molecule has 2 aromatic carbocycles. The maximum absolute atomic E-state index is 10.8. The Hall–Kier alpha value is -3.02. The van der Waals surface area contributed by atoms with E-state index in [1.807, 2.05) is 30.3 Å². The predicted molar refractivity (Wildman–Crippen MR) is 78.0 cm³/mol. The van der Waals surface area contributed by atoms with Crippen LogP contribution < -0.4 is 5.32 Å². The summed E-state index contributed by atoms with van der Waals surface area (Å²) in [5.41, 5.74) is 1.18. The lowest BCUT2D eigenvalue weighted by molar-refractivity contribution is -0.384. The molecule has 0 spiro atoms. The van der Waals surface area contributed by atoms with Gasteiger partial charge in [0.15, 0.2) is 0 Å². The van der Waals surface area contributed by atoms with Crippen LogP contribution in [-0.4, -0.2) is 22.7 Å². The largest absolute Gasteiger partial charge is 0.387 e. The molecular weight excluding hydrogens is 288 g/mol. The Morgan fingerprint density at radius 2 is 1.64 bits per heavy atom. The fraction of sp³-hybridized carbons (Fsp3) is 0.133. The van der Waals surface area contributed by atoms with Gasteiger partial charge in [0.1, 0.15) is 5.69 Å². The summed E-state index contributed by atoms with van der Waals surface area (Å²) < 4.78 is 0. The Kier molecular flexibility index (Phi) is 6.98. The second-order valence-corrected chi connectivity index (χ2v) is 4.16. The van der Waals surface area contributed by atoms with Crippen LogP contribution in [0.25, 0.3) is 0 Å². The molecule has 0 saturated carbocycles. The molecule has 2 N–H and O–H groups in total. The van der Waals surface area contributed by atoms with Crippen LogP contribution in [0.2, 0.25) is 0 Å². The Morgan fingerprint density at radius 3 is 2.23 bits per heavy atom. The molecule has 0 aliphatic carbocycles. The van der Waals surface area contributed by atoms with Crippen LogP contribution in [0.1, 0.15) is 11.7 Å². The van der Waals surface area contributed by atoms with Crippen molar-refractivity contribution in [3.63, 3.8) is 0 Å². The summed E-state index contributed by atoms with van der Waals surface area (Å²) in [6.45, 7) is 0.217. The van der Waals surface area contributed by atoms with Crippen molar-refractivity contribution in [2.45, 2.75) is 6.10 Å². The van der Waals surface area contributed by atoms with E-state index in [1.54, 1.807) is 18.2 Å². The zero-order valence-electron chi connectivity index (χ0n) is 11.5. The Labute approximate surface area is 126 Å². The number of nitrogens with one attached hydrogen (secondary N) is 1. The number of nitro benzene ring substituents is 1. The number of hydrogen-bond acceptors (Lipinski definition) is 6.